The van der Waals surface area contributed by atoms with Crippen LogP contribution in [-0.4, -0.2) is 19.4 Å². The minimum absolute atomic E-state index is 0.0517. The molecule has 0 radical (unpaired) electrons. The number of aryl methyl sites for hydroxylation is 2. The molecule has 0 bridgehead atoms. The van der Waals surface area contributed by atoms with Gasteiger partial charge < -0.3 is 5.32 Å². The summed E-state index contributed by atoms with van der Waals surface area (Å²) in [6, 6.07) is 11.2. The van der Waals surface area contributed by atoms with E-state index in [1.165, 1.54) is 28.8 Å². The van der Waals surface area contributed by atoms with Crippen molar-refractivity contribution >= 4 is 34.2 Å². The number of para-hydroxylation sites is 1. The number of nitrogens with one attached hydrogen (secondary N) is 1. The number of anilines is 1. The lowest BCUT2D eigenvalue weighted by Gasteiger charge is -2.14. The number of carbonyl (C=O) groups is 1. The van der Waals surface area contributed by atoms with Crippen LogP contribution in [0.15, 0.2) is 57.4 Å². The van der Waals surface area contributed by atoms with E-state index in [-0.39, 0.29) is 24.5 Å². The van der Waals surface area contributed by atoms with Crippen LogP contribution in [0.25, 0.3) is 11.0 Å². The molecule has 1 amide bonds. The number of hydrogen-bond donors (Lipinski definition) is 1. The summed E-state index contributed by atoms with van der Waals surface area (Å²) >= 11 is 1.04. The molecule has 158 valence electrons. The van der Waals surface area contributed by atoms with E-state index in [0.29, 0.717) is 16.8 Å². The highest BCUT2D eigenvalue weighted by Crippen LogP contribution is 2.19. The fraction of sp³-hybridized carbons (Fsp3) is 0.182. The maximum absolute atomic E-state index is 13.2. The second-order valence-electron chi connectivity index (χ2n) is 7.25. The number of aromatic nitrogens is 3. The number of amides is 1. The molecule has 0 aliphatic heterocycles. The fourth-order valence-corrected chi connectivity index (χ4v) is 4.10. The molecule has 2 heterocycles. The van der Waals surface area contributed by atoms with Crippen molar-refractivity contribution in [1.82, 2.24) is 13.5 Å². The summed E-state index contributed by atoms with van der Waals surface area (Å²) in [6.07, 6.45) is 0. The first-order valence-corrected chi connectivity index (χ1v) is 10.4. The molecule has 0 atom stereocenters. The summed E-state index contributed by atoms with van der Waals surface area (Å²) < 4.78 is 19.6. The maximum atomic E-state index is 13.2. The first-order chi connectivity index (χ1) is 14.8. The highest BCUT2D eigenvalue weighted by molar-refractivity contribution is 7.04. The van der Waals surface area contributed by atoms with Crippen LogP contribution in [0.5, 0.6) is 0 Å². The van der Waals surface area contributed by atoms with Crippen molar-refractivity contribution in [3.05, 3.63) is 91.2 Å². The molecule has 0 saturated carbocycles. The Bertz CT molecular complexity index is 1380. The third kappa shape index (κ3) is 4.04. The third-order valence-electron chi connectivity index (χ3n) is 5.05. The van der Waals surface area contributed by atoms with Gasteiger partial charge in [-0.2, -0.15) is 4.37 Å². The molecule has 0 saturated heterocycles. The van der Waals surface area contributed by atoms with Crippen molar-refractivity contribution in [3.8, 4) is 0 Å². The number of nitrogens with zero attached hydrogens (tertiary/aromatic N) is 3. The first-order valence-electron chi connectivity index (χ1n) is 9.53. The van der Waals surface area contributed by atoms with Gasteiger partial charge in [0, 0.05) is 11.1 Å². The molecule has 4 rings (SSSR count). The van der Waals surface area contributed by atoms with E-state index in [9.17, 15) is 18.8 Å². The number of rotatable bonds is 5. The summed E-state index contributed by atoms with van der Waals surface area (Å²) in [5.74, 6) is -0.800. The van der Waals surface area contributed by atoms with Gasteiger partial charge in [0.2, 0.25) is 5.91 Å². The standard InChI is InChI=1S/C22H19FN4O3S/c1-13-4-3-5-14(2)19(13)24-18(28)11-26-17-12-31-25-20(17)21(29)27(22(26)30)10-15-6-8-16(23)9-7-15/h3-9,12H,10-11H2,1-2H3,(H,24,28). The summed E-state index contributed by atoms with van der Waals surface area (Å²) in [5, 5.41) is 4.43. The van der Waals surface area contributed by atoms with E-state index in [0.717, 1.165) is 27.2 Å². The van der Waals surface area contributed by atoms with Gasteiger partial charge in [-0.1, -0.05) is 30.3 Å². The normalized spacial score (nSPS) is 11.1. The summed E-state index contributed by atoms with van der Waals surface area (Å²) in [6.45, 7) is 3.45. The van der Waals surface area contributed by atoms with E-state index in [4.69, 9.17) is 0 Å². The van der Waals surface area contributed by atoms with Gasteiger partial charge in [0.1, 0.15) is 12.4 Å². The van der Waals surface area contributed by atoms with Gasteiger partial charge in [-0.3, -0.25) is 18.7 Å². The largest absolute Gasteiger partial charge is 0.332 e. The first kappa shape index (κ1) is 20.7. The van der Waals surface area contributed by atoms with Crippen molar-refractivity contribution in [2.24, 2.45) is 0 Å². The molecule has 0 aliphatic carbocycles. The Labute approximate surface area is 180 Å². The van der Waals surface area contributed by atoms with E-state index in [1.807, 2.05) is 32.0 Å². The molecule has 7 nitrogen and oxygen atoms in total. The zero-order valence-corrected chi connectivity index (χ0v) is 17.7. The van der Waals surface area contributed by atoms with Gasteiger partial charge >= 0.3 is 5.69 Å². The summed E-state index contributed by atoms with van der Waals surface area (Å²) in [5.41, 5.74) is 2.35. The molecule has 2 aromatic carbocycles. The molecule has 0 fully saturated rings. The minimum Gasteiger partial charge on any atom is -0.324 e. The van der Waals surface area contributed by atoms with Crippen molar-refractivity contribution < 1.29 is 9.18 Å². The van der Waals surface area contributed by atoms with Gasteiger partial charge in [0.25, 0.3) is 5.56 Å². The van der Waals surface area contributed by atoms with Crippen molar-refractivity contribution in [1.29, 1.82) is 0 Å². The molecular formula is C22H19FN4O3S. The van der Waals surface area contributed by atoms with Crippen LogP contribution in [0.1, 0.15) is 16.7 Å². The van der Waals surface area contributed by atoms with Gasteiger partial charge in [-0.15, -0.1) is 0 Å². The number of carbonyl (C=O) groups excluding carboxylic acids is 1. The predicted octanol–water partition coefficient (Wildman–Crippen LogP) is 3.06. The van der Waals surface area contributed by atoms with Crippen LogP contribution >= 0.6 is 11.5 Å². The summed E-state index contributed by atoms with van der Waals surface area (Å²) in [4.78, 5) is 38.7. The SMILES string of the molecule is Cc1cccc(C)c1NC(=O)Cn1c(=O)n(Cc2ccc(F)cc2)c(=O)c2nscc21. The lowest BCUT2D eigenvalue weighted by atomic mass is 10.1. The summed E-state index contributed by atoms with van der Waals surface area (Å²) in [7, 11) is 0. The topological polar surface area (TPSA) is 86.0 Å². The molecular weight excluding hydrogens is 419 g/mol. The Balaban J connectivity index is 1.73. The van der Waals surface area contributed by atoms with Gasteiger partial charge in [0.15, 0.2) is 5.52 Å². The molecule has 0 unspecified atom stereocenters. The second-order valence-corrected chi connectivity index (χ2v) is 7.88. The fourth-order valence-electron chi connectivity index (χ4n) is 3.43. The van der Waals surface area contributed by atoms with Crippen molar-refractivity contribution in [2.75, 3.05) is 5.32 Å². The van der Waals surface area contributed by atoms with Gasteiger partial charge in [-0.05, 0) is 54.2 Å². The van der Waals surface area contributed by atoms with Crippen LogP contribution in [0, 0.1) is 19.7 Å². The monoisotopic (exact) mass is 438 g/mol. The average molecular weight is 438 g/mol. The molecule has 2 aromatic heterocycles. The van der Waals surface area contributed by atoms with E-state index >= 15 is 0 Å². The Morgan fingerprint density at radius 3 is 2.42 bits per heavy atom. The number of fused-ring (bicyclic) bond motifs is 1. The number of hydrogen-bond acceptors (Lipinski definition) is 5. The Morgan fingerprint density at radius 1 is 1.06 bits per heavy atom. The zero-order chi connectivity index (χ0) is 22.1. The van der Waals surface area contributed by atoms with Crippen molar-refractivity contribution in [2.45, 2.75) is 26.9 Å². The van der Waals surface area contributed by atoms with Gasteiger partial charge in [0.05, 0.1) is 12.1 Å². The maximum Gasteiger partial charge on any atom is 0.332 e. The highest BCUT2D eigenvalue weighted by atomic mass is 32.1. The molecule has 0 spiro atoms. The molecule has 4 aromatic rings. The predicted molar refractivity (Wildman–Crippen MR) is 118 cm³/mol. The molecule has 1 N–H and O–H groups in total. The minimum atomic E-state index is -0.626. The van der Waals surface area contributed by atoms with E-state index in [1.54, 1.807) is 5.38 Å². The van der Waals surface area contributed by atoms with E-state index in [2.05, 4.69) is 9.69 Å². The Hall–Kier alpha value is -3.59. The molecule has 31 heavy (non-hydrogen) atoms. The van der Waals surface area contributed by atoms with Crippen LogP contribution in [0.3, 0.4) is 0 Å². The second kappa shape index (κ2) is 8.27. The number of benzene rings is 2. The Morgan fingerprint density at radius 2 is 1.74 bits per heavy atom. The lowest BCUT2D eigenvalue weighted by Crippen LogP contribution is -2.42. The number of halogens is 1. The average Bonchev–Trinajstić information content (AvgIpc) is 3.23. The lowest BCUT2D eigenvalue weighted by molar-refractivity contribution is -0.116. The van der Waals surface area contributed by atoms with Gasteiger partial charge in [-0.25, -0.2) is 9.18 Å². The quantitative estimate of drug-likeness (QED) is 0.519. The Kier molecular flexibility index (Phi) is 5.51. The van der Waals surface area contributed by atoms with Crippen molar-refractivity contribution in [3.63, 3.8) is 0 Å². The van der Waals surface area contributed by atoms with Crippen LogP contribution in [0.4, 0.5) is 10.1 Å². The van der Waals surface area contributed by atoms with Crippen LogP contribution in [-0.2, 0) is 17.9 Å². The van der Waals surface area contributed by atoms with Crippen LogP contribution in [0.2, 0.25) is 0 Å². The molecule has 0 aliphatic rings. The van der Waals surface area contributed by atoms with E-state index < -0.39 is 17.1 Å². The third-order valence-corrected chi connectivity index (χ3v) is 5.67. The molecule has 9 heteroatoms. The van der Waals surface area contributed by atoms with Crippen LogP contribution < -0.4 is 16.6 Å². The zero-order valence-electron chi connectivity index (χ0n) is 16.9. The highest BCUT2D eigenvalue weighted by Gasteiger charge is 2.18. The smallest absolute Gasteiger partial charge is 0.324 e.